The van der Waals surface area contributed by atoms with Crippen LogP contribution in [0.1, 0.15) is 19.4 Å². The maximum Gasteiger partial charge on any atom is 0.420 e. The van der Waals surface area contributed by atoms with Crippen LogP contribution >= 0.6 is 0 Å². The average molecular weight is 247 g/mol. The fourth-order valence-corrected chi connectivity index (χ4v) is 1.31. The highest BCUT2D eigenvalue weighted by Gasteiger charge is 2.34. The van der Waals surface area contributed by atoms with E-state index in [9.17, 15) is 18.0 Å². The molecule has 0 radical (unpaired) electrons. The highest BCUT2D eigenvalue weighted by molar-refractivity contribution is 5.88. The zero-order valence-corrected chi connectivity index (χ0v) is 9.39. The minimum atomic E-state index is -4.51. The minimum Gasteiger partial charge on any atom is -0.493 e. The number of amides is 1. The van der Waals surface area contributed by atoms with Gasteiger partial charge in [-0.05, 0) is 25.1 Å². The molecule has 6 heteroatoms. The number of hydrogen-bond donors (Lipinski definition) is 1. The largest absolute Gasteiger partial charge is 0.493 e. The van der Waals surface area contributed by atoms with Gasteiger partial charge in [0.1, 0.15) is 5.75 Å². The molecule has 0 aliphatic carbocycles. The van der Waals surface area contributed by atoms with E-state index in [4.69, 9.17) is 4.74 Å². The van der Waals surface area contributed by atoms with Crippen LogP contribution in [0.25, 0.3) is 0 Å². The lowest BCUT2D eigenvalue weighted by molar-refractivity contribution is -0.138. The number of ether oxygens (including phenoxy) is 1. The van der Waals surface area contributed by atoms with Crippen molar-refractivity contribution in [2.75, 3.05) is 11.9 Å². The molecule has 0 fully saturated rings. The molecule has 0 heterocycles. The van der Waals surface area contributed by atoms with Gasteiger partial charge < -0.3 is 10.1 Å². The fourth-order valence-electron chi connectivity index (χ4n) is 1.31. The molecule has 0 saturated heterocycles. The van der Waals surface area contributed by atoms with Crippen molar-refractivity contribution in [1.29, 1.82) is 0 Å². The molecule has 0 unspecified atom stereocenters. The smallest absolute Gasteiger partial charge is 0.420 e. The highest BCUT2D eigenvalue weighted by Crippen LogP contribution is 2.37. The predicted molar refractivity (Wildman–Crippen MR) is 56.9 cm³/mol. The van der Waals surface area contributed by atoms with Crippen molar-refractivity contribution in [3.8, 4) is 5.75 Å². The number of carbonyl (C=O) groups is 1. The van der Waals surface area contributed by atoms with Gasteiger partial charge in [0.05, 0.1) is 12.2 Å². The Morgan fingerprint density at radius 2 is 2.06 bits per heavy atom. The normalized spacial score (nSPS) is 11.1. The standard InChI is InChI=1S/C11H12F3NO2/c1-3-17-10-5-4-8(15-7(2)16)6-9(10)11(12,13)14/h4-6H,3H2,1-2H3,(H,15,16). The SMILES string of the molecule is CCOc1ccc(NC(C)=O)cc1C(F)(F)F. The van der Waals surface area contributed by atoms with Gasteiger partial charge in [-0.15, -0.1) is 0 Å². The van der Waals surface area contributed by atoms with Gasteiger partial charge in [0.2, 0.25) is 5.91 Å². The molecular weight excluding hydrogens is 235 g/mol. The number of alkyl halides is 3. The molecule has 0 aliphatic heterocycles. The Morgan fingerprint density at radius 3 is 2.53 bits per heavy atom. The number of carbonyl (C=O) groups excluding carboxylic acids is 1. The van der Waals surface area contributed by atoms with Gasteiger partial charge in [-0.2, -0.15) is 13.2 Å². The summed E-state index contributed by atoms with van der Waals surface area (Å²) in [6, 6.07) is 3.41. The lowest BCUT2D eigenvalue weighted by Gasteiger charge is -2.14. The van der Waals surface area contributed by atoms with Crippen LogP contribution in [0.15, 0.2) is 18.2 Å². The predicted octanol–water partition coefficient (Wildman–Crippen LogP) is 3.06. The highest BCUT2D eigenvalue weighted by atomic mass is 19.4. The van der Waals surface area contributed by atoms with Crippen molar-refractivity contribution in [1.82, 2.24) is 0 Å². The van der Waals surface area contributed by atoms with E-state index in [1.807, 2.05) is 0 Å². The number of hydrogen-bond acceptors (Lipinski definition) is 2. The number of rotatable bonds is 3. The Bertz CT molecular complexity index is 416. The molecule has 0 aromatic heterocycles. The van der Waals surface area contributed by atoms with Crippen molar-refractivity contribution in [2.45, 2.75) is 20.0 Å². The molecule has 1 aromatic carbocycles. The quantitative estimate of drug-likeness (QED) is 0.891. The second-order valence-corrected chi connectivity index (χ2v) is 3.32. The molecule has 1 amide bonds. The molecule has 1 rings (SSSR count). The van der Waals surface area contributed by atoms with Crippen LogP contribution in [-0.2, 0) is 11.0 Å². The topological polar surface area (TPSA) is 38.3 Å². The van der Waals surface area contributed by atoms with Crippen molar-refractivity contribution in [3.05, 3.63) is 23.8 Å². The third-order valence-electron chi connectivity index (χ3n) is 1.91. The summed E-state index contributed by atoms with van der Waals surface area (Å²) in [5, 5.41) is 2.29. The first-order valence-corrected chi connectivity index (χ1v) is 4.96. The Hall–Kier alpha value is -1.72. The van der Waals surface area contributed by atoms with E-state index in [0.717, 1.165) is 6.07 Å². The van der Waals surface area contributed by atoms with Crippen LogP contribution in [0.2, 0.25) is 0 Å². The summed E-state index contributed by atoms with van der Waals surface area (Å²) >= 11 is 0. The fraction of sp³-hybridized carbons (Fsp3) is 0.364. The zero-order chi connectivity index (χ0) is 13.1. The maximum atomic E-state index is 12.7. The molecule has 0 bridgehead atoms. The first-order chi connectivity index (χ1) is 7.84. The third kappa shape index (κ3) is 3.65. The van der Waals surface area contributed by atoms with Crippen LogP contribution in [0.3, 0.4) is 0 Å². The summed E-state index contributed by atoms with van der Waals surface area (Å²) in [5.74, 6) is -0.670. The molecule has 3 nitrogen and oxygen atoms in total. The van der Waals surface area contributed by atoms with Gasteiger partial charge in [0.15, 0.2) is 0 Å². The Labute approximate surface area is 96.6 Å². The second-order valence-electron chi connectivity index (χ2n) is 3.32. The molecule has 0 saturated carbocycles. The first kappa shape index (κ1) is 13.3. The van der Waals surface area contributed by atoms with Gasteiger partial charge in [-0.3, -0.25) is 4.79 Å². The van der Waals surface area contributed by atoms with Crippen molar-refractivity contribution >= 4 is 11.6 Å². The molecule has 17 heavy (non-hydrogen) atoms. The van der Waals surface area contributed by atoms with E-state index in [1.54, 1.807) is 6.92 Å². The third-order valence-corrected chi connectivity index (χ3v) is 1.91. The molecule has 94 valence electrons. The number of benzene rings is 1. The van der Waals surface area contributed by atoms with E-state index in [1.165, 1.54) is 19.1 Å². The first-order valence-electron chi connectivity index (χ1n) is 4.96. The lowest BCUT2D eigenvalue weighted by Crippen LogP contribution is -2.11. The number of nitrogens with one attached hydrogen (secondary N) is 1. The molecule has 0 atom stereocenters. The summed E-state index contributed by atoms with van der Waals surface area (Å²) in [5.41, 5.74) is -0.807. The second kappa shape index (κ2) is 5.07. The number of anilines is 1. The van der Waals surface area contributed by atoms with Crippen LogP contribution in [-0.4, -0.2) is 12.5 Å². The van der Waals surface area contributed by atoms with Gasteiger partial charge in [-0.25, -0.2) is 0 Å². The van der Waals surface area contributed by atoms with Gasteiger partial charge in [0, 0.05) is 12.6 Å². The van der Waals surface area contributed by atoms with Crippen molar-refractivity contribution in [2.24, 2.45) is 0 Å². The van der Waals surface area contributed by atoms with Crippen molar-refractivity contribution in [3.63, 3.8) is 0 Å². The molecule has 1 aromatic rings. The molecule has 1 N–H and O–H groups in total. The van der Waals surface area contributed by atoms with Crippen LogP contribution in [0, 0.1) is 0 Å². The molecule has 0 spiro atoms. The zero-order valence-electron chi connectivity index (χ0n) is 9.39. The van der Waals surface area contributed by atoms with Gasteiger partial charge >= 0.3 is 6.18 Å². The van der Waals surface area contributed by atoms with Gasteiger partial charge in [0.25, 0.3) is 0 Å². The number of halogens is 3. The van der Waals surface area contributed by atoms with E-state index in [0.29, 0.717) is 0 Å². The average Bonchev–Trinajstić information content (AvgIpc) is 2.18. The summed E-state index contributed by atoms with van der Waals surface area (Å²) in [6.45, 7) is 2.97. The minimum absolute atomic E-state index is 0.0910. The maximum absolute atomic E-state index is 12.7. The summed E-state index contributed by atoms with van der Waals surface area (Å²) < 4.78 is 43.0. The molecular formula is C11H12F3NO2. The van der Waals surface area contributed by atoms with Crippen molar-refractivity contribution < 1.29 is 22.7 Å². The summed E-state index contributed by atoms with van der Waals surface area (Å²) in [7, 11) is 0. The van der Waals surface area contributed by atoms with E-state index >= 15 is 0 Å². The Kier molecular flexibility index (Phi) is 3.98. The summed E-state index contributed by atoms with van der Waals surface area (Å²) in [6.07, 6.45) is -4.51. The summed E-state index contributed by atoms with van der Waals surface area (Å²) in [4.78, 5) is 10.8. The Balaban J connectivity index is 3.14. The van der Waals surface area contributed by atoms with Crippen LogP contribution < -0.4 is 10.1 Å². The van der Waals surface area contributed by atoms with Gasteiger partial charge in [-0.1, -0.05) is 0 Å². The van der Waals surface area contributed by atoms with E-state index < -0.39 is 17.6 Å². The Morgan fingerprint density at radius 1 is 1.41 bits per heavy atom. The monoisotopic (exact) mass is 247 g/mol. The molecule has 0 aliphatic rings. The van der Waals surface area contributed by atoms with E-state index in [-0.39, 0.29) is 18.0 Å². The van der Waals surface area contributed by atoms with Crippen LogP contribution in [0.5, 0.6) is 5.75 Å². The van der Waals surface area contributed by atoms with Crippen LogP contribution in [0.4, 0.5) is 18.9 Å². The lowest BCUT2D eigenvalue weighted by atomic mass is 10.1. The van der Waals surface area contributed by atoms with E-state index in [2.05, 4.69) is 5.32 Å².